The Kier molecular flexibility index (Phi) is 5.88. The molecular weight excluding hydrogens is 430 g/mol. The molecule has 4 rings (SSSR count). The first-order valence-corrected chi connectivity index (χ1v) is 12.3. The van der Waals surface area contributed by atoms with Gasteiger partial charge in [-0.1, -0.05) is 41.4 Å². The topological polar surface area (TPSA) is 60.9 Å². The molecule has 2 amide bonds. The van der Waals surface area contributed by atoms with E-state index in [1.807, 2.05) is 34.9 Å². The molecule has 1 aromatic heterocycles. The number of carbonyl (C=O) groups is 1. The van der Waals surface area contributed by atoms with Gasteiger partial charge >= 0.3 is 6.03 Å². The molecular formula is C20H24ClN3O3S2. The van der Waals surface area contributed by atoms with Crippen LogP contribution in [0.2, 0.25) is 4.34 Å². The van der Waals surface area contributed by atoms with Crippen LogP contribution >= 0.6 is 22.9 Å². The monoisotopic (exact) mass is 453 g/mol. The van der Waals surface area contributed by atoms with Gasteiger partial charge in [-0.2, -0.15) is 4.31 Å². The number of urea groups is 1. The summed E-state index contributed by atoms with van der Waals surface area (Å²) >= 11 is 6.98. The van der Waals surface area contributed by atoms with Crippen LogP contribution < -0.4 is 0 Å². The maximum atomic E-state index is 12.9. The Morgan fingerprint density at radius 2 is 1.86 bits per heavy atom. The highest BCUT2D eigenvalue weighted by molar-refractivity contribution is 7.91. The minimum absolute atomic E-state index is 0.0536. The van der Waals surface area contributed by atoms with Crippen LogP contribution in [0.5, 0.6) is 0 Å². The quantitative estimate of drug-likeness (QED) is 0.691. The van der Waals surface area contributed by atoms with Gasteiger partial charge in [-0.05, 0) is 37.5 Å². The lowest BCUT2D eigenvalue weighted by Crippen LogP contribution is -2.47. The van der Waals surface area contributed by atoms with E-state index in [1.54, 1.807) is 12.1 Å². The van der Waals surface area contributed by atoms with Crippen LogP contribution in [0, 0.1) is 6.92 Å². The first kappa shape index (κ1) is 20.7. The molecule has 0 aliphatic carbocycles. The van der Waals surface area contributed by atoms with E-state index in [0.29, 0.717) is 49.9 Å². The Balaban J connectivity index is 1.36. The fourth-order valence-electron chi connectivity index (χ4n) is 4.08. The highest BCUT2D eigenvalue weighted by Gasteiger charge is 2.37. The SMILES string of the molecule is Cc1cccc(CN2CCN(C3CCN(S(=O)(=O)c4ccc(Cl)s4)CC3)C2=O)c1. The molecule has 0 N–H and O–H groups in total. The second kappa shape index (κ2) is 8.26. The fraction of sp³-hybridized carbons (Fsp3) is 0.450. The van der Waals surface area contributed by atoms with Gasteiger partial charge in [0.05, 0.1) is 4.34 Å². The average molecular weight is 454 g/mol. The Hall–Kier alpha value is -1.61. The Bertz CT molecular complexity index is 1000. The fourth-order valence-corrected chi connectivity index (χ4v) is 7.18. The number of carbonyl (C=O) groups excluding carboxylic acids is 1. The molecule has 2 aromatic rings. The summed E-state index contributed by atoms with van der Waals surface area (Å²) in [5.41, 5.74) is 2.32. The van der Waals surface area contributed by atoms with Crippen LogP contribution in [0.4, 0.5) is 4.79 Å². The molecule has 6 nitrogen and oxygen atoms in total. The number of benzene rings is 1. The number of nitrogens with zero attached hydrogens (tertiary/aromatic N) is 3. The number of thiophene rings is 1. The Morgan fingerprint density at radius 1 is 1.10 bits per heavy atom. The Morgan fingerprint density at radius 3 is 2.52 bits per heavy atom. The first-order chi connectivity index (χ1) is 13.8. The minimum atomic E-state index is -3.50. The van der Waals surface area contributed by atoms with Crippen LogP contribution in [-0.4, -0.2) is 60.8 Å². The number of piperidine rings is 1. The second-order valence-electron chi connectivity index (χ2n) is 7.58. The largest absolute Gasteiger partial charge is 0.320 e. The van der Waals surface area contributed by atoms with Gasteiger partial charge in [0.25, 0.3) is 10.0 Å². The van der Waals surface area contributed by atoms with Gasteiger partial charge in [0, 0.05) is 38.8 Å². The van der Waals surface area contributed by atoms with Crippen LogP contribution in [0.3, 0.4) is 0 Å². The van der Waals surface area contributed by atoms with E-state index in [1.165, 1.54) is 9.87 Å². The number of hydrogen-bond donors (Lipinski definition) is 0. The summed E-state index contributed by atoms with van der Waals surface area (Å²) in [5, 5.41) is 0. The average Bonchev–Trinajstić information content (AvgIpc) is 3.29. The van der Waals surface area contributed by atoms with Gasteiger partial charge in [-0.15, -0.1) is 11.3 Å². The van der Waals surface area contributed by atoms with Crippen molar-refractivity contribution >= 4 is 39.0 Å². The molecule has 0 bridgehead atoms. The van der Waals surface area contributed by atoms with Crippen molar-refractivity contribution in [2.45, 2.75) is 36.6 Å². The predicted octanol–water partition coefficient (Wildman–Crippen LogP) is 3.80. The van der Waals surface area contributed by atoms with Gasteiger partial charge in [0.15, 0.2) is 0 Å². The summed E-state index contributed by atoms with van der Waals surface area (Å²) in [6.07, 6.45) is 1.31. The maximum absolute atomic E-state index is 12.9. The van der Waals surface area contributed by atoms with E-state index >= 15 is 0 Å². The standard InChI is InChI=1S/C20H24ClN3O3S2/c1-15-3-2-4-16(13-15)14-22-11-12-24(20(22)25)17-7-9-23(10-8-17)29(26,27)19-6-5-18(21)28-19/h2-6,13,17H,7-12,14H2,1H3. The highest BCUT2D eigenvalue weighted by Crippen LogP contribution is 2.31. The zero-order chi connectivity index (χ0) is 20.6. The normalized spacial score (nSPS) is 19.3. The van der Waals surface area contributed by atoms with E-state index in [4.69, 9.17) is 11.6 Å². The van der Waals surface area contributed by atoms with Crippen molar-refractivity contribution < 1.29 is 13.2 Å². The molecule has 0 radical (unpaired) electrons. The molecule has 0 unspecified atom stereocenters. The van der Waals surface area contributed by atoms with Crippen molar-refractivity contribution in [3.8, 4) is 0 Å². The lowest BCUT2D eigenvalue weighted by atomic mass is 10.1. The van der Waals surface area contributed by atoms with E-state index in [-0.39, 0.29) is 16.3 Å². The molecule has 2 aliphatic rings. The molecule has 156 valence electrons. The van der Waals surface area contributed by atoms with E-state index in [2.05, 4.69) is 6.07 Å². The smallest absolute Gasteiger partial charge is 0.320 e. The number of halogens is 1. The lowest BCUT2D eigenvalue weighted by Gasteiger charge is -2.35. The number of amides is 2. The molecule has 3 heterocycles. The lowest BCUT2D eigenvalue weighted by molar-refractivity contribution is 0.153. The zero-order valence-corrected chi connectivity index (χ0v) is 18.6. The maximum Gasteiger partial charge on any atom is 0.320 e. The Labute approximate surface area is 180 Å². The molecule has 29 heavy (non-hydrogen) atoms. The van der Waals surface area contributed by atoms with E-state index in [0.717, 1.165) is 16.9 Å². The van der Waals surface area contributed by atoms with Crippen molar-refractivity contribution in [3.63, 3.8) is 0 Å². The summed E-state index contributed by atoms with van der Waals surface area (Å²) in [6, 6.07) is 11.5. The molecule has 2 saturated heterocycles. The predicted molar refractivity (Wildman–Crippen MR) is 115 cm³/mol. The van der Waals surface area contributed by atoms with Crippen molar-refractivity contribution in [2.24, 2.45) is 0 Å². The highest BCUT2D eigenvalue weighted by atomic mass is 35.5. The molecule has 1 aromatic carbocycles. The van der Waals surface area contributed by atoms with Crippen LogP contribution in [0.1, 0.15) is 24.0 Å². The summed E-state index contributed by atoms with van der Waals surface area (Å²) in [7, 11) is -3.50. The number of hydrogen-bond acceptors (Lipinski definition) is 4. The van der Waals surface area contributed by atoms with Gasteiger partial charge in [-0.25, -0.2) is 13.2 Å². The third-order valence-corrected chi connectivity index (χ3v) is 9.19. The second-order valence-corrected chi connectivity index (χ2v) is 11.5. The van der Waals surface area contributed by atoms with Gasteiger partial charge in [0.1, 0.15) is 4.21 Å². The summed E-state index contributed by atoms with van der Waals surface area (Å²) in [4.78, 5) is 16.7. The van der Waals surface area contributed by atoms with E-state index in [9.17, 15) is 13.2 Å². The molecule has 0 spiro atoms. The summed E-state index contributed by atoms with van der Waals surface area (Å²) in [5.74, 6) is 0. The van der Waals surface area contributed by atoms with Crippen LogP contribution in [0.25, 0.3) is 0 Å². The number of sulfonamides is 1. The van der Waals surface area contributed by atoms with Crippen LogP contribution in [-0.2, 0) is 16.6 Å². The third-order valence-electron chi connectivity index (χ3n) is 5.59. The first-order valence-electron chi connectivity index (χ1n) is 9.71. The molecule has 2 fully saturated rings. The van der Waals surface area contributed by atoms with E-state index < -0.39 is 10.0 Å². The van der Waals surface area contributed by atoms with Gasteiger partial charge < -0.3 is 9.80 Å². The molecule has 9 heteroatoms. The third kappa shape index (κ3) is 4.30. The molecule has 2 aliphatic heterocycles. The number of aryl methyl sites for hydroxylation is 1. The van der Waals surface area contributed by atoms with Crippen LogP contribution in [0.15, 0.2) is 40.6 Å². The van der Waals surface area contributed by atoms with Crippen molar-refractivity contribution in [3.05, 3.63) is 51.9 Å². The molecule has 0 atom stereocenters. The van der Waals surface area contributed by atoms with Crippen molar-refractivity contribution in [2.75, 3.05) is 26.2 Å². The van der Waals surface area contributed by atoms with Gasteiger partial charge in [-0.3, -0.25) is 0 Å². The van der Waals surface area contributed by atoms with Crippen molar-refractivity contribution in [1.29, 1.82) is 0 Å². The van der Waals surface area contributed by atoms with Gasteiger partial charge in [0.2, 0.25) is 0 Å². The minimum Gasteiger partial charge on any atom is -0.320 e. The summed E-state index contributed by atoms with van der Waals surface area (Å²) in [6.45, 7) is 4.91. The zero-order valence-electron chi connectivity index (χ0n) is 16.3. The molecule has 0 saturated carbocycles. The van der Waals surface area contributed by atoms with Crippen molar-refractivity contribution in [1.82, 2.24) is 14.1 Å². The summed E-state index contributed by atoms with van der Waals surface area (Å²) < 4.78 is 27.8. The number of rotatable bonds is 5.